The van der Waals surface area contributed by atoms with Crippen molar-refractivity contribution in [2.24, 2.45) is 0 Å². The molecular weight excluding hydrogens is 256 g/mol. The van der Waals surface area contributed by atoms with Gasteiger partial charge in [0.15, 0.2) is 5.11 Å². The van der Waals surface area contributed by atoms with Crippen LogP contribution >= 0.6 is 12.2 Å². The van der Waals surface area contributed by atoms with Crippen LogP contribution < -0.4 is 10.7 Å². The molecule has 0 aliphatic carbocycles. The van der Waals surface area contributed by atoms with Crippen molar-refractivity contribution in [3.8, 4) is 0 Å². The summed E-state index contributed by atoms with van der Waals surface area (Å²) in [5.74, 6) is 0. The second kappa shape index (κ2) is 6.32. The summed E-state index contributed by atoms with van der Waals surface area (Å²) in [4.78, 5) is 2.32. The normalized spacial score (nSPS) is 17.2. The highest BCUT2D eigenvalue weighted by molar-refractivity contribution is 7.80. The van der Waals surface area contributed by atoms with E-state index in [-0.39, 0.29) is 0 Å². The van der Waals surface area contributed by atoms with Crippen LogP contribution in [0.2, 0.25) is 0 Å². The van der Waals surface area contributed by atoms with Gasteiger partial charge in [0.05, 0.1) is 0 Å². The van der Waals surface area contributed by atoms with Gasteiger partial charge in [-0.2, -0.15) is 0 Å². The maximum atomic E-state index is 5.36. The summed E-state index contributed by atoms with van der Waals surface area (Å²) in [6, 6.07) is 6.32. The van der Waals surface area contributed by atoms with Gasteiger partial charge in [0, 0.05) is 31.9 Å². The zero-order valence-corrected chi connectivity index (χ0v) is 12.7. The first-order valence-corrected chi connectivity index (χ1v) is 7.04. The second-order valence-corrected chi connectivity index (χ2v) is 5.58. The lowest BCUT2D eigenvalue weighted by molar-refractivity contribution is 0.131. The third kappa shape index (κ3) is 4.16. The molecule has 2 rings (SSSR count). The Balaban J connectivity index is 1.87. The Morgan fingerprint density at radius 3 is 2.47 bits per heavy atom. The van der Waals surface area contributed by atoms with Gasteiger partial charge < -0.3 is 10.2 Å². The van der Waals surface area contributed by atoms with E-state index in [1.54, 1.807) is 0 Å². The SMILES string of the molecule is Cc1ccc(NC(=S)NN2CCN(C)CC2)c(C)c1. The van der Waals surface area contributed by atoms with Gasteiger partial charge in [-0.05, 0) is 44.7 Å². The summed E-state index contributed by atoms with van der Waals surface area (Å²) in [6.07, 6.45) is 0. The van der Waals surface area contributed by atoms with E-state index >= 15 is 0 Å². The highest BCUT2D eigenvalue weighted by Crippen LogP contribution is 2.15. The van der Waals surface area contributed by atoms with Crippen molar-refractivity contribution >= 4 is 23.0 Å². The van der Waals surface area contributed by atoms with Crippen LogP contribution in [0.15, 0.2) is 18.2 Å². The van der Waals surface area contributed by atoms with E-state index in [4.69, 9.17) is 12.2 Å². The van der Waals surface area contributed by atoms with Gasteiger partial charge in [-0.3, -0.25) is 5.43 Å². The number of nitrogens with one attached hydrogen (secondary N) is 2. The summed E-state index contributed by atoms with van der Waals surface area (Å²) in [6.45, 7) is 8.31. The van der Waals surface area contributed by atoms with Gasteiger partial charge in [0.1, 0.15) is 0 Å². The first-order valence-electron chi connectivity index (χ1n) is 6.63. The van der Waals surface area contributed by atoms with Crippen molar-refractivity contribution in [1.82, 2.24) is 15.3 Å². The number of benzene rings is 1. The van der Waals surface area contributed by atoms with E-state index in [2.05, 4.69) is 59.7 Å². The fourth-order valence-electron chi connectivity index (χ4n) is 2.17. The molecule has 0 bridgehead atoms. The van der Waals surface area contributed by atoms with E-state index < -0.39 is 0 Å². The molecule has 0 atom stereocenters. The third-order valence-corrected chi connectivity index (χ3v) is 3.59. The fraction of sp³-hybridized carbons (Fsp3) is 0.500. The van der Waals surface area contributed by atoms with Crippen molar-refractivity contribution < 1.29 is 0 Å². The minimum atomic E-state index is 0.663. The molecular formula is C14H22N4S. The standard InChI is InChI=1S/C14H22N4S/c1-11-4-5-13(12(2)10-11)15-14(19)16-18-8-6-17(3)7-9-18/h4-5,10H,6-9H2,1-3H3,(H2,15,16,19). The average molecular weight is 278 g/mol. The maximum absolute atomic E-state index is 5.36. The monoisotopic (exact) mass is 278 g/mol. The lowest BCUT2D eigenvalue weighted by Crippen LogP contribution is -2.53. The van der Waals surface area contributed by atoms with Crippen LogP contribution in [0, 0.1) is 13.8 Å². The zero-order valence-electron chi connectivity index (χ0n) is 11.9. The zero-order chi connectivity index (χ0) is 13.8. The van der Waals surface area contributed by atoms with E-state index in [0.717, 1.165) is 31.9 Å². The van der Waals surface area contributed by atoms with E-state index in [0.29, 0.717) is 5.11 Å². The molecule has 0 saturated carbocycles. The van der Waals surface area contributed by atoms with E-state index in [1.165, 1.54) is 11.1 Å². The molecule has 1 heterocycles. The Bertz CT molecular complexity index is 453. The molecule has 0 aromatic heterocycles. The summed E-state index contributed by atoms with van der Waals surface area (Å²) >= 11 is 5.36. The number of hydrogen-bond donors (Lipinski definition) is 2. The Morgan fingerprint density at radius 1 is 1.16 bits per heavy atom. The Morgan fingerprint density at radius 2 is 1.84 bits per heavy atom. The Hall–Kier alpha value is -1.17. The summed E-state index contributed by atoms with van der Waals surface area (Å²) in [7, 11) is 2.14. The van der Waals surface area contributed by atoms with Crippen LogP contribution in [0.4, 0.5) is 5.69 Å². The van der Waals surface area contributed by atoms with Crippen LogP contribution in [0.5, 0.6) is 0 Å². The number of nitrogens with zero attached hydrogens (tertiary/aromatic N) is 2. The van der Waals surface area contributed by atoms with Gasteiger partial charge in [0.25, 0.3) is 0 Å². The van der Waals surface area contributed by atoms with Crippen molar-refractivity contribution in [1.29, 1.82) is 0 Å². The molecule has 1 saturated heterocycles. The van der Waals surface area contributed by atoms with Gasteiger partial charge in [-0.1, -0.05) is 17.7 Å². The molecule has 5 heteroatoms. The largest absolute Gasteiger partial charge is 0.331 e. The van der Waals surface area contributed by atoms with E-state index in [1.807, 2.05) is 0 Å². The van der Waals surface area contributed by atoms with Crippen LogP contribution in [0.1, 0.15) is 11.1 Å². The van der Waals surface area contributed by atoms with Crippen LogP contribution in [0.3, 0.4) is 0 Å². The highest BCUT2D eigenvalue weighted by Gasteiger charge is 2.14. The lowest BCUT2D eigenvalue weighted by Gasteiger charge is -2.33. The van der Waals surface area contributed by atoms with Crippen LogP contribution in [-0.4, -0.2) is 48.2 Å². The topological polar surface area (TPSA) is 30.5 Å². The molecule has 104 valence electrons. The molecule has 0 spiro atoms. The molecule has 0 unspecified atom stereocenters. The smallest absolute Gasteiger partial charge is 0.185 e. The summed E-state index contributed by atoms with van der Waals surface area (Å²) < 4.78 is 0. The number of aryl methyl sites for hydroxylation is 2. The number of likely N-dealkylation sites (N-methyl/N-ethyl adjacent to an activating group) is 1. The second-order valence-electron chi connectivity index (χ2n) is 5.17. The Kier molecular flexibility index (Phi) is 4.74. The van der Waals surface area contributed by atoms with Crippen molar-refractivity contribution in [2.45, 2.75) is 13.8 Å². The van der Waals surface area contributed by atoms with Gasteiger partial charge in [0.2, 0.25) is 0 Å². The molecule has 1 aromatic carbocycles. The quantitative estimate of drug-likeness (QED) is 0.805. The minimum absolute atomic E-state index is 0.663. The first kappa shape index (κ1) is 14.2. The maximum Gasteiger partial charge on any atom is 0.185 e. The number of thiocarbonyl (C=S) groups is 1. The first-order chi connectivity index (χ1) is 9.04. The average Bonchev–Trinajstić information content (AvgIpc) is 2.36. The fourth-order valence-corrected chi connectivity index (χ4v) is 2.41. The van der Waals surface area contributed by atoms with Gasteiger partial charge >= 0.3 is 0 Å². The van der Waals surface area contributed by atoms with E-state index in [9.17, 15) is 0 Å². The molecule has 1 aromatic rings. The molecule has 1 aliphatic rings. The molecule has 2 N–H and O–H groups in total. The van der Waals surface area contributed by atoms with Crippen molar-refractivity contribution in [3.63, 3.8) is 0 Å². The molecule has 1 aliphatic heterocycles. The third-order valence-electron chi connectivity index (χ3n) is 3.39. The highest BCUT2D eigenvalue weighted by atomic mass is 32.1. The van der Waals surface area contributed by atoms with Gasteiger partial charge in [-0.25, -0.2) is 5.01 Å². The number of hydrazine groups is 1. The molecule has 1 fully saturated rings. The number of anilines is 1. The minimum Gasteiger partial charge on any atom is -0.331 e. The van der Waals surface area contributed by atoms with Gasteiger partial charge in [-0.15, -0.1) is 0 Å². The Labute approximate surface area is 120 Å². The molecule has 0 amide bonds. The van der Waals surface area contributed by atoms with Crippen molar-refractivity contribution in [2.75, 3.05) is 38.5 Å². The number of piperazine rings is 1. The van der Waals surface area contributed by atoms with Crippen LogP contribution in [0.25, 0.3) is 0 Å². The predicted octanol–water partition coefficient (Wildman–Crippen LogP) is 1.75. The van der Waals surface area contributed by atoms with Crippen molar-refractivity contribution in [3.05, 3.63) is 29.3 Å². The predicted molar refractivity (Wildman–Crippen MR) is 84.3 cm³/mol. The van der Waals surface area contributed by atoms with Crippen LogP contribution in [-0.2, 0) is 0 Å². The number of rotatable bonds is 2. The molecule has 0 radical (unpaired) electrons. The number of hydrogen-bond acceptors (Lipinski definition) is 3. The summed E-state index contributed by atoms with van der Waals surface area (Å²) in [5.41, 5.74) is 6.80. The molecule has 19 heavy (non-hydrogen) atoms. The summed E-state index contributed by atoms with van der Waals surface area (Å²) in [5, 5.41) is 6.09. The molecule has 4 nitrogen and oxygen atoms in total. The lowest BCUT2D eigenvalue weighted by atomic mass is 10.1.